The Morgan fingerprint density at radius 3 is 2.73 bits per heavy atom. The number of rotatable bonds is 3. The minimum Gasteiger partial charge on any atom is -0.508 e. The first-order chi connectivity index (χ1) is 10.6. The monoisotopic (exact) mass is 379 g/mol. The summed E-state index contributed by atoms with van der Waals surface area (Å²) >= 11 is 5.03. The zero-order valence-electron chi connectivity index (χ0n) is 12.1. The van der Waals surface area contributed by atoms with Gasteiger partial charge < -0.3 is 10.4 Å². The molecule has 3 rings (SSSR count). The molecule has 1 aliphatic carbocycles. The lowest BCUT2D eigenvalue weighted by Crippen LogP contribution is -2.11. The molecule has 0 unspecified atom stereocenters. The van der Waals surface area contributed by atoms with Gasteiger partial charge in [-0.3, -0.25) is 4.79 Å². The molecule has 22 heavy (non-hydrogen) atoms. The lowest BCUT2D eigenvalue weighted by molar-refractivity contribution is 0.102. The Morgan fingerprint density at radius 2 is 2.00 bits per heavy atom. The van der Waals surface area contributed by atoms with E-state index in [2.05, 4.69) is 21.2 Å². The molecule has 1 fully saturated rings. The van der Waals surface area contributed by atoms with Gasteiger partial charge in [0.1, 0.15) is 5.75 Å². The molecule has 0 bridgehead atoms. The van der Waals surface area contributed by atoms with Gasteiger partial charge in [0.2, 0.25) is 0 Å². The number of carbonyl (C=O) groups is 1. The second kappa shape index (κ2) is 6.84. The predicted molar refractivity (Wildman–Crippen MR) is 93.9 cm³/mol. The summed E-state index contributed by atoms with van der Waals surface area (Å²) in [4.78, 5) is 13.7. The van der Waals surface area contributed by atoms with Crippen LogP contribution in [0.3, 0.4) is 0 Å². The van der Waals surface area contributed by atoms with Crippen LogP contribution in [0.15, 0.2) is 34.1 Å². The van der Waals surface area contributed by atoms with Gasteiger partial charge >= 0.3 is 0 Å². The Kier molecular flexibility index (Phi) is 4.84. The zero-order chi connectivity index (χ0) is 15.5. The summed E-state index contributed by atoms with van der Waals surface area (Å²) in [5.41, 5.74) is 1.37. The molecule has 1 amide bonds. The van der Waals surface area contributed by atoms with Crippen molar-refractivity contribution < 1.29 is 9.90 Å². The summed E-state index contributed by atoms with van der Waals surface area (Å²) in [6.45, 7) is 0. The van der Waals surface area contributed by atoms with E-state index in [1.165, 1.54) is 37.0 Å². The lowest BCUT2D eigenvalue weighted by atomic mass is 9.88. The second-order valence-corrected chi connectivity index (χ2v) is 7.49. The summed E-state index contributed by atoms with van der Waals surface area (Å²) in [5.74, 6) is 0.686. The van der Waals surface area contributed by atoms with Crippen LogP contribution in [0.4, 0.5) is 5.69 Å². The van der Waals surface area contributed by atoms with Crippen molar-refractivity contribution in [2.45, 2.75) is 38.0 Å². The summed E-state index contributed by atoms with van der Waals surface area (Å²) in [6, 6.07) is 6.84. The molecule has 1 heterocycles. The Bertz CT molecular complexity index is 677. The molecule has 0 aliphatic heterocycles. The third-order valence-electron chi connectivity index (χ3n) is 4.09. The minimum absolute atomic E-state index is 0.107. The van der Waals surface area contributed by atoms with E-state index in [0.29, 0.717) is 21.6 Å². The van der Waals surface area contributed by atoms with Gasteiger partial charge in [0.15, 0.2) is 0 Å². The highest BCUT2D eigenvalue weighted by Crippen LogP contribution is 2.36. The van der Waals surface area contributed by atoms with Gasteiger partial charge in [-0.05, 0) is 59.0 Å². The van der Waals surface area contributed by atoms with Gasteiger partial charge in [-0.15, -0.1) is 11.3 Å². The number of aromatic hydroxyl groups is 1. The highest BCUT2D eigenvalue weighted by molar-refractivity contribution is 9.10. The number of amides is 1. The van der Waals surface area contributed by atoms with Gasteiger partial charge in [-0.25, -0.2) is 0 Å². The molecule has 1 aliphatic rings. The van der Waals surface area contributed by atoms with Crippen molar-refractivity contribution in [3.8, 4) is 5.75 Å². The maximum atomic E-state index is 12.4. The van der Waals surface area contributed by atoms with Gasteiger partial charge in [0, 0.05) is 14.7 Å². The van der Waals surface area contributed by atoms with Crippen LogP contribution in [0.25, 0.3) is 0 Å². The molecule has 2 aromatic rings. The summed E-state index contributed by atoms with van der Waals surface area (Å²) in [7, 11) is 0. The highest BCUT2D eigenvalue weighted by Gasteiger charge is 2.19. The predicted octanol–water partition coefficient (Wildman–Crippen LogP) is 5.52. The van der Waals surface area contributed by atoms with E-state index in [1.807, 2.05) is 11.4 Å². The molecule has 1 aromatic heterocycles. The number of benzene rings is 1. The van der Waals surface area contributed by atoms with Crippen LogP contribution in [0.2, 0.25) is 0 Å². The van der Waals surface area contributed by atoms with E-state index in [0.717, 1.165) is 0 Å². The zero-order valence-corrected chi connectivity index (χ0v) is 14.5. The molecular weight excluding hydrogens is 362 g/mol. The molecule has 2 N–H and O–H groups in total. The summed E-state index contributed by atoms with van der Waals surface area (Å²) < 4.78 is 0.670. The van der Waals surface area contributed by atoms with E-state index < -0.39 is 0 Å². The number of halogens is 1. The highest BCUT2D eigenvalue weighted by atomic mass is 79.9. The molecule has 0 radical (unpaired) electrons. The molecular formula is C17H18BrNO2S. The van der Waals surface area contributed by atoms with Gasteiger partial charge in [0.05, 0.1) is 11.3 Å². The van der Waals surface area contributed by atoms with Crippen molar-refractivity contribution in [2.75, 3.05) is 5.32 Å². The third-order valence-corrected chi connectivity index (χ3v) is 5.84. The molecule has 116 valence electrons. The van der Waals surface area contributed by atoms with E-state index in [-0.39, 0.29) is 11.7 Å². The van der Waals surface area contributed by atoms with E-state index in [9.17, 15) is 9.90 Å². The van der Waals surface area contributed by atoms with E-state index >= 15 is 0 Å². The summed E-state index contributed by atoms with van der Waals surface area (Å²) in [5, 5.41) is 14.2. The van der Waals surface area contributed by atoms with Crippen LogP contribution in [0.1, 0.15) is 53.3 Å². The Labute approximate surface area is 142 Å². The number of phenols is 1. The van der Waals surface area contributed by atoms with Crippen molar-refractivity contribution in [3.05, 3.63) is 44.6 Å². The van der Waals surface area contributed by atoms with Crippen LogP contribution in [0.5, 0.6) is 5.75 Å². The molecule has 1 aromatic carbocycles. The van der Waals surface area contributed by atoms with Crippen molar-refractivity contribution in [1.29, 1.82) is 0 Å². The number of hydrogen-bond donors (Lipinski definition) is 2. The Balaban J connectivity index is 1.71. The number of hydrogen-bond acceptors (Lipinski definition) is 3. The molecule has 0 atom stereocenters. The van der Waals surface area contributed by atoms with Crippen molar-refractivity contribution in [2.24, 2.45) is 0 Å². The Morgan fingerprint density at radius 1 is 1.23 bits per heavy atom. The molecule has 5 heteroatoms. The average molecular weight is 380 g/mol. The van der Waals surface area contributed by atoms with Crippen molar-refractivity contribution >= 4 is 38.9 Å². The minimum atomic E-state index is -0.107. The fourth-order valence-electron chi connectivity index (χ4n) is 2.87. The number of thiophene rings is 1. The lowest BCUT2D eigenvalue weighted by Gasteiger charge is -2.19. The van der Waals surface area contributed by atoms with Crippen molar-refractivity contribution in [1.82, 2.24) is 0 Å². The SMILES string of the molecule is O=C(Nc1ccc(O)cc1Br)c1csc(C2CCCCC2)c1. The quantitative estimate of drug-likeness (QED) is 0.690. The maximum Gasteiger partial charge on any atom is 0.256 e. The number of nitrogens with one attached hydrogen (secondary N) is 1. The smallest absolute Gasteiger partial charge is 0.256 e. The fourth-order valence-corrected chi connectivity index (χ4v) is 4.40. The number of phenolic OH excluding ortho intramolecular Hbond substituents is 1. The van der Waals surface area contributed by atoms with Crippen LogP contribution >= 0.6 is 27.3 Å². The van der Waals surface area contributed by atoms with Gasteiger partial charge in [-0.2, -0.15) is 0 Å². The van der Waals surface area contributed by atoms with E-state index in [1.54, 1.807) is 29.5 Å². The number of carbonyl (C=O) groups excluding carboxylic acids is 1. The topological polar surface area (TPSA) is 49.3 Å². The molecule has 3 nitrogen and oxygen atoms in total. The van der Waals surface area contributed by atoms with Crippen LogP contribution in [-0.2, 0) is 0 Å². The fraction of sp³-hybridized carbons (Fsp3) is 0.353. The standard InChI is InChI=1S/C17H18BrNO2S/c18-14-9-13(20)6-7-15(14)19-17(21)12-8-16(22-10-12)11-4-2-1-3-5-11/h6-11,20H,1-5H2,(H,19,21). The van der Waals surface area contributed by atoms with Crippen LogP contribution in [0, 0.1) is 0 Å². The molecule has 0 spiro atoms. The van der Waals surface area contributed by atoms with Gasteiger partial charge in [0.25, 0.3) is 5.91 Å². The maximum absolute atomic E-state index is 12.4. The largest absolute Gasteiger partial charge is 0.508 e. The first kappa shape index (κ1) is 15.6. The number of anilines is 1. The molecule has 1 saturated carbocycles. The summed E-state index contributed by atoms with van der Waals surface area (Å²) in [6.07, 6.45) is 6.41. The van der Waals surface area contributed by atoms with E-state index in [4.69, 9.17) is 0 Å². The van der Waals surface area contributed by atoms with Gasteiger partial charge in [-0.1, -0.05) is 19.3 Å². The third kappa shape index (κ3) is 3.52. The van der Waals surface area contributed by atoms with Crippen LogP contribution in [-0.4, -0.2) is 11.0 Å². The molecule has 0 saturated heterocycles. The Hall–Kier alpha value is -1.33. The van der Waals surface area contributed by atoms with Crippen LogP contribution < -0.4 is 5.32 Å². The second-order valence-electron chi connectivity index (χ2n) is 5.69. The first-order valence-corrected chi connectivity index (χ1v) is 9.19. The average Bonchev–Trinajstić information content (AvgIpc) is 3.01. The first-order valence-electron chi connectivity index (χ1n) is 7.52. The normalized spacial score (nSPS) is 15.7. The van der Waals surface area contributed by atoms with Crippen molar-refractivity contribution in [3.63, 3.8) is 0 Å².